The number of aliphatic hydroxyl groups excluding tert-OH is 1. The van der Waals surface area contributed by atoms with E-state index in [1.165, 1.54) is 17.7 Å². The molecule has 0 saturated carbocycles. The second-order valence-corrected chi connectivity index (χ2v) is 7.50. The molecule has 4 nitrogen and oxygen atoms in total. The van der Waals surface area contributed by atoms with Crippen molar-refractivity contribution in [3.63, 3.8) is 0 Å². The van der Waals surface area contributed by atoms with E-state index in [1.54, 1.807) is 6.07 Å². The quantitative estimate of drug-likeness (QED) is 0.712. The normalized spacial score (nSPS) is 18.6. The van der Waals surface area contributed by atoms with Gasteiger partial charge >= 0.3 is 0 Å². The number of halogens is 1. The molecule has 1 atom stereocenters. The van der Waals surface area contributed by atoms with Gasteiger partial charge in [0.15, 0.2) is 0 Å². The number of pyridine rings is 1. The van der Waals surface area contributed by atoms with Gasteiger partial charge in [-0.15, -0.1) is 0 Å². The van der Waals surface area contributed by atoms with Crippen LogP contribution in [0.25, 0.3) is 10.9 Å². The standard InChI is InChI=1S/C23H26FN3O/c24-20-7-9-23-19(14-20)6-8-21(25-23)16-26-11-12-27(22(17-26)10-13-28)15-18-4-2-1-3-5-18/h1-9,14,22,28H,10-13,15-17H2. The van der Waals surface area contributed by atoms with Crippen molar-refractivity contribution in [1.29, 1.82) is 0 Å². The van der Waals surface area contributed by atoms with Gasteiger partial charge in [0.1, 0.15) is 5.82 Å². The van der Waals surface area contributed by atoms with Gasteiger partial charge in [0.05, 0.1) is 11.2 Å². The van der Waals surface area contributed by atoms with E-state index in [-0.39, 0.29) is 12.4 Å². The van der Waals surface area contributed by atoms with E-state index in [2.05, 4.69) is 34.1 Å². The lowest BCUT2D eigenvalue weighted by Crippen LogP contribution is -2.52. The summed E-state index contributed by atoms with van der Waals surface area (Å²) >= 11 is 0. The molecule has 4 rings (SSSR count). The number of aliphatic hydroxyl groups is 1. The first-order valence-electron chi connectivity index (χ1n) is 9.87. The Bertz CT molecular complexity index is 918. The predicted molar refractivity (Wildman–Crippen MR) is 109 cm³/mol. The molecule has 1 fully saturated rings. The number of fused-ring (bicyclic) bond motifs is 1. The maximum Gasteiger partial charge on any atom is 0.123 e. The molecule has 28 heavy (non-hydrogen) atoms. The van der Waals surface area contributed by atoms with Crippen LogP contribution in [0.2, 0.25) is 0 Å². The highest BCUT2D eigenvalue weighted by Crippen LogP contribution is 2.19. The van der Waals surface area contributed by atoms with Gasteiger partial charge in [-0.25, -0.2) is 4.39 Å². The number of nitrogens with zero attached hydrogens (tertiary/aromatic N) is 3. The third-order valence-electron chi connectivity index (χ3n) is 5.47. The second-order valence-electron chi connectivity index (χ2n) is 7.50. The van der Waals surface area contributed by atoms with Gasteiger partial charge in [0.2, 0.25) is 0 Å². The number of piperazine rings is 1. The van der Waals surface area contributed by atoms with Crippen molar-refractivity contribution in [3.8, 4) is 0 Å². The van der Waals surface area contributed by atoms with Gasteiger partial charge in [-0.05, 0) is 36.2 Å². The summed E-state index contributed by atoms with van der Waals surface area (Å²) in [6, 6.07) is 19.5. The van der Waals surface area contributed by atoms with Crippen LogP contribution in [0.4, 0.5) is 4.39 Å². The lowest BCUT2D eigenvalue weighted by atomic mass is 10.1. The van der Waals surface area contributed by atoms with E-state index in [9.17, 15) is 9.50 Å². The number of hydrogen-bond acceptors (Lipinski definition) is 4. The van der Waals surface area contributed by atoms with Crippen LogP contribution in [-0.2, 0) is 13.1 Å². The fourth-order valence-corrected chi connectivity index (χ4v) is 4.01. The van der Waals surface area contributed by atoms with E-state index in [0.29, 0.717) is 6.04 Å². The van der Waals surface area contributed by atoms with Gasteiger partial charge in [0, 0.05) is 50.8 Å². The zero-order valence-electron chi connectivity index (χ0n) is 16.0. The average molecular weight is 379 g/mol. The van der Waals surface area contributed by atoms with E-state index >= 15 is 0 Å². The summed E-state index contributed by atoms with van der Waals surface area (Å²) in [6.07, 6.45) is 0.772. The molecule has 1 aliphatic heterocycles. The highest BCUT2D eigenvalue weighted by molar-refractivity contribution is 5.78. The fourth-order valence-electron chi connectivity index (χ4n) is 4.01. The zero-order chi connectivity index (χ0) is 19.3. The molecule has 0 bridgehead atoms. The third kappa shape index (κ3) is 4.55. The van der Waals surface area contributed by atoms with Crippen molar-refractivity contribution in [2.75, 3.05) is 26.2 Å². The van der Waals surface area contributed by atoms with Crippen molar-refractivity contribution in [2.24, 2.45) is 0 Å². The molecular weight excluding hydrogens is 353 g/mol. The highest BCUT2D eigenvalue weighted by atomic mass is 19.1. The van der Waals surface area contributed by atoms with Crippen molar-refractivity contribution >= 4 is 10.9 Å². The molecule has 1 saturated heterocycles. The largest absolute Gasteiger partial charge is 0.396 e. The molecule has 146 valence electrons. The highest BCUT2D eigenvalue weighted by Gasteiger charge is 2.26. The molecule has 3 aromatic rings. The maximum atomic E-state index is 13.4. The summed E-state index contributed by atoms with van der Waals surface area (Å²) in [5.74, 6) is -0.233. The van der Waals surface area contributed by atoms with Crippen LogP contribution in [-0.4, -0.2) is 52.2 Å². The second kappa shape index (κ2) is 8.78. The molecule has 1 aromatic heterocycles. The van der Waals surface area contributed by atoms with Crippen molar-refractivity contribution in [2.45, 2.75) is 25.6 Å². The minimum absolute atomic E-state index is 0.198. The summed E-state index contributed by atoms with van der Waals surface area (Å²) in [7, 11) is 0. The molecule has 0 aliphatic carbocycles. The molecule has 1 unspecified atom stereocenters. The first kappa shape index (κ1) is 19.0. The van der Waals surface area contributed by atoms with Gasteiger partial charge < -0.3 is 5.11 Å². The van der Waals surface area contributed by atoms with Crippen LogP contribution < -0.4 is 0 Å². The SMILES string of the molecule is OCCC1CN(Cc2ccc3cc(F)ccc3n2)CCN1Cc1ccccc1. The lowest BCUT2D eigenvalue weighted by molar-refractivity contribution is 0.0494. The monoisotopic (exact) mass is 379 g/mol. The molecular formula is C23H26FN3O. The van der Waals surface area contributed by atoms with Crippen molar-refractivity contribution in [1.82, 2.24) is 14.8 Å². The molecule has 1 N–H and O–H groups in total. The van der Waals surface area contributed by atoms with Crippen LogP contribution in [0, 0.1) is 5.82 Å². The topological polar surface area (TPSA) is 39.6 Å². The summed E-state index contributed by atoms with van der Waals surface area (Å²) in [5.41, 5.74) is 3.13. The lowest BCUT2D eigenvalue weighted by Gasteiger charge is -2.41. The Labute approximate surface area is 165 Å². The van der Waals surface area contributed by atoms with Crippen LogP contribution in [0.1, 0.15) is 17.7 Å². The minimum Gasteiger partial charge on any atom is -0.396 e. The van der Waals surface area contributed by atoms with Gasteiger partial charge in [-0.3, -0.25) is 14.8 Å². The average Bonchev–Trinajstić information content (AvgIpc) is 2.71. The molecule has 0 spiro atoms. The van der Waals surface area contributed by atoms with Gasteiger partial charge in [-0.1, -0.05) is 36.4 Å². The molecule has 2 heterocycles. The molecule has 0 radical (unpaired) electrons. The number of hydrogen-bond donors (Lipinski definition) is 1. The zero-order valence-corrected chi connectivity index (χ0v) is 16.0. The van der Waals surface area contributed by atoms with E-state index in [4.69, 9.17) is 4.98 Å². The summed E-state index contributed by atoms with van der Waals surface area (Å²) < 4.78 is 13.4. The summed E-state index contributed by atoms with van der Waals surface area (Å²) in [6.45, 7) is 4.74. The summed E-state index contributed by atoms with van der Waals surface area (Å²) in [5, 5.41) is 10.4. The number of benzene rings is 2. The van der Waals surface area contributed by atoms with Crippen molar-refractivity contribution < 1.29 is 9.50 Å². The predicted octanol–water partition coefficient (Wildman–Crippen LogP) is 3.44. The molecule has 5 heteroatoms. The fraction of sp³-hybridized carbons (Fsp3) is 0.348. The van der Waals surface area contributed by atoms with Crippen LogP contribution in [0.3, 0.4) is 0 Å². The van der Waals surface area contributed by atoms with Crippen molar-refractivity contribution in [3.05, 3.63) is 77.7 Å². The van der Waals surface area contributed by atoms with Crippen LogP contribution in [0.15, 0.2) is 60.7 Å². The number of rotatable bonds is 6. The molecule has 0 amide bonds. The van der Waals surface area contributed by atoms with E-state index in [1.807, 2.05) is 18.2 Å². The Morgan fingerprint density at radius 2 is 1.86 bits per heavy atom. The Morgan fingerprint density at radius 3 is 2.68 bits per heavy atom. The Hall–Kier alpha value is -2.34. The maximum absolute atomic E-state index is 13.4. The Kier molecular flexibility index (Phi) is 5.95. The smallest absolute Gasteiger partial charge is 0.123 e. The minimum atomic E-state index is -0.233. The van der Waals surface area contributed by atoms with E-state index in [0.717, 1.165) is 55.7 Å². The van der Waals surface area contributed by atoms with E-state index < -0.39 is 0 Å². The first-order valence-corrected chi connectivity index (χ1v) is 9.87. The van der Waals surface area contributed by atoms with Crippen LogP contribution >= 0.6 is 0 Å². The Balaban J connectivity index is 1.43. The summed E-state index contributed by atoms with van der Waals surface area (Å²) in [4.78, 5) is 9.57. The number of aromatic nitrogens is 1. The Morgan fingerprint density at radius 1 is 1.00 bits per heavy atom. The van der Waals surface area contributed by atoms with Crippen LogP contribution in [0.5, 0.6) is 0 Å². The van der Waals surface area contributed by atoms with Gasteiger partial charge in [0.25, 0.3) is 0 Å². The first-order chi connectivity index (χ1) is 13.7. The molecule has 2 aromatic carbocycles. The molecule has 1 aliphatic rings. The van der Waals surface area contributed by atoms with Gasteiger partial charge in [-0.2, -0.15) is 0 Å². The third-order valence-corrected chi connectivity index (χ3v) is 5.47.